The molecule has 2 aliphatic heterocycles. The molecule has 0 unspecified atom stereocenters. The van der Waals surface area contributed by atoms with Crippen molar-refractivity contribution in [3.63, 3.8) is 0 Å². The van der Waals surface area contributed by atoms with Gasteiger partial charge in [-0.3, -0.25) is 9.80 Å². The Kier molecular flexibility index (Phi) is 4.57. The molecular weight excluding hydrogens is 323 g/mol. The van der Waals surface area contributed by atoms with Gasteiger partial charge in [0.05, 0.1) is 0 Å². The van der Waals surface area contributed by atoms with Crippen LogP contribution in [0.2, 0.25) is 0 Å². The molecule has 1 aromatic heterocycles. The Morgan fingerprint density at radius 3 is 2.92 bits per heavy atom. The first-order chi connectivity index (χ1) is 11.7. The van der Waals surface area contributed by atoms with Crippen molar-refractivity contribution < 1.29 is 9.13 Å². The fourth-order valence-corrected chi connectivity index (χ4v) is 4.75. The van der Waals surface area contributed by atoms with Crippen molar-refractivity contribution in [1.29, 1.82) is 0 Å². The molecule has 0 bridgehead atoms. The van der Waals surface area contributed by atoms with E-state index in [2.05, 4.69) is 28.9 Å². The number of hydrogen-bond donors (Lipinski definition) is 0. The fourth-order valence-electron chi connectivity index (χ4n) is 3.81. The van der Waals surface area contributed by atoms with Gasteiger partial charge in [-0.2, -0.15) is 0 Å². The van der Waals surface area contributed by atoms with Crippen LogP contribution in [0.5, 0.6) is 5.75 Å². The number of aryl methyl sites for hydroxylation is 1. The van der Waals surface area contributed by atoms with Gasteiger partial charge in [0.15, 0.2) is 0 Å². The van der Waals surface area contributed by atoms with Crippen molar-refractivity contribution in [2.45, 2.75) is 32.0 Å². The lowest BCUT2D eigenvalue weighted by Crippen LogP contribution is -2.49. The van der Waals surface area contributed by atoms with E-state index in [0.717, 1.165) is 39.1 Å². The SMILES string of the molecule is Cc1ccc(CN2CCN3C[C@H](Oc4cccc(F)c4)C[C@H]3C2)s1. The summed E-state index contributed by atoms with van der Waals surface area (Å²) in [5, 5.41) is 0. The molecule has 4 rings (SSSR count). The Hall–Kier alpha value is -1.43. The summed E-state index contributed by atoms with van der Waals surface area (Å²) in [6.07, 6.45) is 1.19. The molecule has 2 aliphatic rings. The number of fused-ring (bicyclic) bond motifs is 1. The van der Waals surface area contributed by atoms with Crippen LogP contribution >= 0.6 is 11.3 Å². The average Bonchev–Trinajstić information content (AvgIpc) is 3.12. The Morgan fingerprint density at radius 1 is 1.21 bits per heavy atom. The first-order valence-corrected chi connectivity index (χ1v) is 9.41. The van der Waals surface area contributed by atoms with E-state index in [0.29, 0.717) is 11.8 Å². The summed E-state index contributed by atoms with van der Waals surface area (Å²) in [5.74, 6) is 0.409. The second-order valence-corrected chi connectivity index (χ2v) is 8.20. The van der Waals surface area contributed by atoms with E-state index in [1.54, 1.807) is 6.07 Å². The molecule has 2 aromatic rings. The van der Waals surface area contributed by atoms with Gasteiger partial charge in [0.25, 0.3) is 0 Å². The van der Waals surface area contributed by atoms with Crippen LogP contribution in [0.15, 0.2) is 36.4 Å². The zero-order chi connectivity index (χ0) is 16.5. The quantitative estimate of drug-likeness (QED) is 0.842. The number of ether oxygens (including phenoxy) is 1. The van der Waals surface area contributed by atoms with Gasteiger partial charge >= 0.3 is 0 Å². The molecule has 0 aliphatic carbocycles. The Balaban J connectivity index is 1.33. The van der Waals surface area contributed by atoms with E-state index < -0.39 is 0 Å². The predicted octanol–water partition coefficient (Wildman–Crippen LogP) is 3.53. The van der Waals surface area contributed by atoms with Crippen LogP contribution in [-0.2, 0) is 6.54 Å². The van der Waals surface area contributed by atoms with Crippen LogP contribution in [0.25, 0.3) is 0 Å². The number of rotatable bonds is 4. The fraction of sp³-hybridized carbons (Fsp3) is 0.474. The summed E-state index contributed by atoms with van der Waals surface area (Å²) in [6, 6.07) is 11.5. The number of hydrogen-bond acceptors (Lipinski definition) is 4. The highest BCUT2D eigenvalue weighted by atomic mass is 32.1. The first kappa shape index (κ1) is 16.1. The van der Waals surface area contributed by atoms with Gasteiger partial charge in [0.2, 0.25) is 0 Å². The minimum atomic E-state index is -0.236. The van der Waals surface area contributed by atoms with E-state index in [4.69, 9.17) is 4.74 Å². The third kappa shape index (κ3) is 3.63. The first-order valence-electron chi connectivity index (χ1n) is 8.59. The molecule has 1 aromatic carbocycles. The standard InChI is InChI=1S/C19H23FN2OS/c1-14-5-6-19(24-14)13-21-7-8-22-12-18(10-16(22)11-21)23-17-4-2-3-15(20)9-17/h2-6,9,16,18H,7-8,10-13H2,1H3/t16-,18+/m0/s1. The van der Waals surface area contributed by atoms with Gasteiger partial charge in [-0.25, -0.2) is 4.39 Å². The monoisotopic (exact) mass is 346 g/mol. The zero-order valence-electron chi connectivity index (χ0n) is 14.0. The van der Waals surface area contributed by atoms with Gasteiger partial charge in [-0.1, -0.05) is 6.07 Å². The van der Waals surface area contributed by atoms with E-state index in [-0.39, 0.29) is 11.9 Å². The molecule has 0 amide bonds. The number of nitrogens with zero attached hydrogens (tertiary/aromatic N) is 2. The minimum absolute atomic E-state index is 0.167. The van der Waals surface area contributed by atoms with Crippen LogP contribution in [-0.4, -0.2) is 48.1 Å². The molecule has 0 saturated carbocycles. The van der Waals surface area contributed by atoms with Gasteiger partial charge < -0.3 is 4.74 Å². The van der Waals surface area contributed by atoms with Crippen molar-refractivity contribution in [2.75, 3.05) is 26.2 Å². The maximum Gasteiger partial charge on any atom is 0.126 e. The number of benzene rings is 1. The van der Waals surface area contributed by atoms with Crippen molar-refractivity contribution in [3.05, 3.63) is 52.0 Å². The Morgan fingerprint density at radius 2 is 2.12 bits per heavy atom. The van der Waals surface area contributed by atoms with Crippen LogP contribution in [0.4, 0.5) is 4.39 Å². The third-order valence-electron chi connectivity index (χ3n) is 4.94. The molecule has 2 atom stereocenters. The molecule has 0 radical (unpaired) electrons. The van der Waals surface area contributed by atoms with E-state index in [1.807, 2.05) is 17.4 Å². The third-order valence-corrected chi connectivity index (χ3v) is 5.92. The van der Waals surface area contributed by atoms with Crippen LogP contribution in [0, 0.1) is 12.7 Å². The highest BCUT2D eigenvalue weighted by molar-refractivity contribution is 7.11. The lowest BCUT2D eigenvalue weighted by Gasteiger charge is -2.36. The molecular formula is C19H23FN2OS. The number of piperazine rings is 1. The average molecular weight is 346 g/mol. The maximum absolute atomic E-state index is 13.3. The van der Waals surface area contributed by atoms with Gasteiger partial charge in [-0.15, -0.1) is 11.3 Å². The smallest absolute Gasteiger partial charge is 0.126 e. The van der Waals surface area contributed by atoms with Gasteiger partial charge in [0.1, 0.15) is 17.7 Å². The number of halogens is 1. The van der Waals surface area contributed by atoms with E-state index in [9.17, 15) is 4.39 Å². The van der Waals surface area contributed by atoms with Crippen LogP contribution in [0.1, 0.15) is 16.2 Å². The molecule has 128 valence electrons. The molecule has 3 nitrogen and oxygen atoms in total. The molecule has 2 saturated heterocycles. The molecule has 2 fully saturated rings. The summed E-state index contributed by atoms with van der Waals surface area (Å²) in [4.78, 5) is 7.91. The topological polar surface area (TPSA) is 15.7 Å². The van der Waals surface area contributed by atoms with E-state index >= 15 is 0 Å². The highest BCUT2D eigenvalue weighted by Gasteiger charge is 2.37. The predicted molar refractivity (Wildman–Crippen MR) is 95.1 cm³/mol. The van der Waals surface area contributed by atoms with Crippen molar-refractivity contribution >= 4 is 11.3 Å². The molecule has 24 heavy (non-hydrogen) atoms. The van der Waals surface area contributed by atoms with Crippen LogP contribution < -0.4 is 4.74 Å². The van der Waals surface area contributed by atoms with E-state index in [1.165, 1.54) is 21.9 Å². The zero-order valence-corrected chi connectivity index (χ0v) is 14.8. The summed E-state index contributed by atoms with van der Waals surface area (Å²) in [6.45, 7) is 7.47. The molecule has 0 spiro atoms. The van der Waals surface area contributed by atoms with Crippen molar-refractivity contribution in [1.82, 2.24) is 9.80 Å². The highest BCUT2D eigenvalue weighted by Crippen LogP contribution is 2.27. The second-order valence-electron chi connectivity index (χ2n) is 6.83. The second kappa shape index (κ2) is 6.82. The minimum Gasteiger partial charge on any atom is -0.489 e. The Labute approximate surface area is 146 Å². The molecule has 5 heteroatoms. The summed E-state index contributed by atoms with van der Waals surface area (Å²) in [5.41, 5.74) is 0. The van der Waals surface area contributed by atoms with Gasteiger partial charge in [0, 0.05) is 61.0 Å². The molecule has 3 heterocycles. The maximum atomic E-state index is 13.3. The number of thiophene rings is 1. The summed E-state index contributed by atoms with van der Waals surface area (Å²) >= 11 is 1.89. The van der Waals surface area contributed by atoms with Crippen molar-refractivity contribution in [3.8, 4) is 5.75 Å². The van der Waals surface area contributed by atoms with Gasteiger partial charge in [-0.05, 0) is 31.2 Å². The Bertz CT molecular complexity index is 704. The van der Waals surface area contributed by atoms with Crippen LogP contribution in [0.3, 0.4) is 0 Å². The summed E-state index contributed by atoms with van der Waals surface area (Å²) < 4.78 is 19.3. The summed E-state index contributed by atoms with van der Waals surface area (Å²) in [7, 11) is 0. The normalized spacial score (nSPS) is 24.9. The lowest BCUT2D eigenvalue weighted by molar-refractivity contribution is 0.0985. The molecule has 0 N–H and O–H groups in total. The largest absolute Gasteiger partial charge is 0.489 e. The lowest BCUT2D eigenvalue weighted by atomic mass is 10.1. The van der Waals surface area contributed by atoms with Crippen molar-refractivity contribution in [2.24, 2.45) is 0 Å².